The summed E-state index contributed by atoms with van der Waals surface area (Å²) in [6.07, 6.45) is 0. The molecule has 3 aromatic carbocycles. The van der Waals surface area contributed by atoms with E-state index in [1.165, 1.54) is 25.3 Å². The maximum atomic E-state index is 14.1. The maximum Gasteiger partial charge on any atom is 0.271 e. The van der Waals surface area contributed by atoms with Gasteiger partial charge < -0.3 is 4.74 Å². The molecular weight excluding hydrogens is 432 g/mol. The smallest absolute Gasteiger partial charge is 0.271 e. The largest absolute Gasteiger partial charge is 0.495 e. The number of methoxy groups -OCH3 is 1. The van der Waals surface area contributed by atoms with E-state index in [0.717, 1.165) is 27.2 Å². The summed E-state index contributed by atoms with van der Waals surface area (Å²) >= 11 is 0. The number of carbonyl (C=O) groups is 2. The van der Waals surface area contributed by atoms with E-state index in [4.69, 9.17) is 4.74 Å². The molecule has 170 valence electrons. The fourth-order valence-electron chi connectivity index (χ4n) is 6.77. The van der Waals surface area contributed by atoms with Gasteiger partial charge in [-0.05, 0) is 28.3 Å². The molecule has 2 bridgehead atoms. The number of nitrogens with zero attached hydrogens (tertiary/aromatic N) is 2. The number of nitro groups is 1. The monoisotopic (exact) mass is 454 g/mol. The van der Waals surface area contributed by atoms with Crippen LogP contribution >= 0.6 is 0 Å². The van der Waals surface area contributed by atoms with Crippen molar-refractivity contribution in [3.8, 4) is 5.75 Å². The molecule has 0 N–H and O–H groups in total. The van der Waals surface area contributed by atoms with Gasteiger partial charge in [0, 0.05) is 23.0 Å². The Hall–Kier alpha value is -4.00. The van der Waals surface area contributed by atoms with Crippen molar-refractivity contribution in [3.63, 3.8) is 0 Å². The van der Waals surface area contributed by atoms with E-state index in [-0.39, 0.29) is 28.9 Å². The van der Waals surface area contributed by atoms with Gasteiger partial charge in [0.05, 0.1) is 23.9 Å². The van der Waals surface area contributed by atoms with E-state index >= 15 is 0 Å². The predicted octanol–water partition coefficient (Wildman–Crippen LogP) is 4.35. The number of benzene rings is 3. The van der Waals surface area contributed by atoms with Gasteiger partial charge >= 0.3 is 0 Å². The maximum absolute atomic E-state index is 14.1. The molecular formula is C27H22N2O5. The van der Waals surface area contributed by atoms with E-state index in [2.05, 4.69) is 0 Å². The minimum atomic E-state index is -0.717. The second-order valence-electron chi connectivity index (χ2n) is 9.58. The highest BCUT2D eigenvalue weighted by Gasteiger charge is 2.70. The van der Waals surface area contributed by atoms with Crippen LogP contribution in [-0.4, -0.2) is 23.8 Å². The van der Waals surface area contributed by atoms with Crippen LogP contribution in [-0.2, 0) is 20.4 Å². The molecule has 0 aromatic heterocycles. The zero-order chi connectivity index (χ0) is 24.0. The number of carbonyl (C=O) groups excluding carboxylic acids is 2. The van der Waals surface area contributed by atoms with Crippen LogP contribution in [0.1, 0.15) is 36.1 Å². The minimum Gasteiger partial charge on any atom is -0.495 e. The molecule has 3 aliphatic carbocycles. The topological polar surface area (TPSA) is 89.8 Å². The molecule has 34 heavy (non-hydrogen) atoms. The summed E-state index contributed by atoms with van der Waals surface area (Å²) in [6.45, 7) is 4.08. The number of anilines is 1. The minimum absolute atomic E-state index is 0.112. The number of hydrogen-bond acceptors (Lipinski definition) is 5. The van der Waals surface area contributed by atoms with Crippen LogP contribution in [0.3, 0.4) is 0 Å². The lowest BCUT2D eigenvalue weighted by Gasteiger charge is -2.57. The van der Waals surface area contributed by atoms with Crippen LogP contribution in [0.15, 0.2) is 66.7 Å². The molecule has 0 saturated carbocycles. The number of nitro benzene ring substituents is 1. The molecule has 0 unspecified atom stereocenters. The zero-order valence-electron chi connectivity index (χ0n) is 18.9. The Labute approximate surface area is 196 Å². The average Bonchev–Trinajstić information content (AvgIpc) is 3.13. The molecule has 0 spiro atoms. The summed E-state index contributed by atoms with van der Waals surface area (Å²) in [5.74, 6) is -1.75. The molecule has 1 fully saturated rings. The molecule has 1 aliphatic heterocycles. The number of non-ortho nitro benzene ring substituents is 1. The lowest BCUT2D eigenvalue weighted by molar-refractivity contribution is -0.384. The van der Waals surface area contributed by atoms with Crippen molar-refractivity contribution in [2.75, 3.05) is 12.0 Å². The van der Waals surface area contributed by atoms with E-state index in [9.17, 15) is 19.7 Å². The fraction of sp³-hybridized carbons (Fsp3) is 0.259. The highest BCUT2D eigenvalue weighted by molar-refractivity contribution is 6.24. The summed E-state index contributed by atoms with van der Waals surface area (Å²) in [7, 11) is 1.42. The summed E-state index contributed by atoms with van der Waals surface area (Å²) in [4.78, 5) is 40.3. The van der Waals surface area contributed by atoms with Gasteiger partial charge in [0.1, 0.15) is 11.4 Å². The van der Waals surface area contributed by atoms with E-state index in [1.54, 1.807) is 0 Å². The molecule has 0 radical (unpaired) electrons. The Morgan fingerprint density at radius 2 is 1.26 bits per heavy atom. The first kappa shape index (κ1) is 20.6. The van der Waals surface area contributed by atoms with Crippen molar-refractivity contribution in [3.05, 3.63) is 99.1 Å². The van der Waals surface area contributed by atoms with Crippen LogP contribution in [0.5, 0.6) is 5.75 Å². The molecule has 7 heteroatoms. The molecule has 2 atom stereocenters. The Morgan fingerprint density at radius 1 is 0.824 bits per heavy atom. The Bertz CT molecular complexity index is 1310. The molecule has 1 heterocycles. The van der Waals surface area contributed by atoms with Crippen molar-refractivity contribution in [2.24, 2.45) is 11.8 Å². The van der Waals surface area contributed by atoms with Gasteiger partial charge in [-0.2, -0.15) is 0 Å². The second-order valence-corrected chi connectivity index (χ2v) is 9.58. The van der Waals surface area contributed by atoms with Gasteiger partial charge in [0.25, 0.3) is 5.69 Å². The highest BCUT2D eigenvalue weighted by Crippen LogP contribution is 2.66. The number of amides is 2. The molecule has 2 amide bonds. The summed E-state index contributed by atoms with van der Waals surface area (Å²) in [5.41, 5.74) is 2.66. The third kappa shape index (κ3) is 2.17. The molecule has 1 saturated heterocycles. The van der Waals surface area contributed by atoms with Crippen LogP contribution in [0.25, 0.3) is 0 Å². The van der Waals surface area contributed by atoms with Crippen LogP contribution in [0.2, 0.25) is 0 Å². The molecule has 7 rings (SSSR count). The van der Waals surface area contributed by atoms with Gasteiger partial charge in [0.15, 0.2) is 0 Å². The normalized spacial score (nSPS) is 28.4. The molecule has 7 nitrogen and oxygen atoms in total. The van der Waals surface area contributed by atoms with Crippen molar-refractivity contribution < 1.29 is 19.2 Å². The zero-order valence-corrected chi connectivity index (χ0v) is 18.9. The van der Waals surface area contributed by atoms with E-state index in [0.29, 0.717) is 0 Å². The van der Waals surface area contributed by atoms with Crippen molar-refractivity contribution >= 4 is 23.2 Å². The number of imide groups is 1. The van der Waals surface area contributed by atoms with Crippen LogP contribution in [0.4, 0.5) is 11.4 Å². The van der Waals surface area contributed by atoms with Crippen molar-refractivity contribution in [1.82, 2.24) is 0 Å². The van der Waals surface area contributed by atoms with Gasteiger partial charge in [0.2, 0.25) is 11.8 Å². The number of hydrogen-bond donors (Lipinski definition) is 0. The number of rotatable bonds is 3. The lowest BCUT2D eigenvalue weighted by Crippen LogP contribution is -2.59. The van der Waals surface area contributed by atoms with E-state index in [1.807, 2.05) is 62.4 Å². The molecule has 3 aromatic rings. The lowest BCUT2D eigenvalue weighted by atomic mass is 9.42. The average molecular weight is 454 g/mol. The van der Waals surface area contributed by atoms with E-state index < -0.39 is 27.6 Å². The van der Waals surface area contributed by atoms with Gasteiger partial charge in [-0.15, -0.1) is 0 Å². The van der Waals surface area contributed by atoms with Crippen molar-refractivity contribution in [2.45, 2.75) is 24.7 Å². The highest BCUT2D eigenvalue weighted by atomic mass is 16.6. The summed E-state index contributed by atoms with van der Waals surface area (Å²) in [5, 5.41) is 11.5. The third-order valence-corrected chi connectivity index (χ3v) is 8.26. The summed E-state index contributed by atoms with van der Waals surface area (Å²) < 4.78 is 5.42. The Kier molecular flexibility index (Phi) is 3.96. The Balaban J connectivity index is 1.63. The Morgan fingerprint density at radius 3 is 1.65 bits per heavy atom. The quantitative estimate of drug-likeness (QED) is 0.334. The first-order chi connectivity index (χ1) is 16.3. The standard InChI is InChI=1S/C27H22N2O5/c1-26-16-8-4-6-10-18(16)27(2,19-11-7-5-9-17(19)26)23-22(26)24(30)28(25(23)31)20-14-15(29(32)33)12-13-21(20)34-3/h4-14,22-23H,1-3H3/t22-,23-,26?,27?/m0/s1. The first-order valence-corrected chi connectivity index (χ1v) is 11.2. The van der Waals surface area contributed by atoms with Gasteiger partial charge in [-0.1, -0.05) is 62.4 Å². The van der Waals surface area contributed by atoms with Crippen molar-refractivity contribution in [1.29, 1.82) is 0 Å². The second kappa shape index (κ2) is 6.53. The van der Waals surface area contributed by atoms with Gasteiger partial charge in [-0.3, -0.25) is 19.7 Å². The molecule has 4 aliphatic rings. The first-order valence-electron chi connectivity index (χ1n) is 11.2. The van der Waals surface area contributed by atoms with Crippen LogP contribution in [0, 0.1) is 22.0 Å². The SMILES string of the molecule is COc1ccc([N+](=O)[O-])cc1N1C(=O)[C@@H]2[C@@H](C1=O)C1(C)c3ccccc3C2(C)c2ccccc21. The number of ether oxygens (including phenoxy) is 1. The van der Waals surface area contributed by atoms with Gasteiger partial charge in [-0.25, -0.2) is 4.90 Å². The predicted molar refractivity (Wildman–Crippen MR) is 125 cm³/mol. The third-order valence-electron chi connectivity index (χ3n) is 8.26. The summed E-state index contributed by atoms with van der Waals surface area (Å²) in [6, 6.07) is 20.0. The fourth-order valence-corrected chi connectivity index (χ4v) is 6.77. The van der Waals surface area contributed by atoms with Crippen LogP contribution < -0.4 is 9.64 Å².